The van der Waals surface area contributed by atoms with Crippen molar-refractivity contribution in [2.45, 2.75) is 38.5 Å². The van der Waals surface area contributed by atoms with Crippen LogP contribution < -0.4 is 0 Å². The molecule has 0 spiro atoms. The zero-order valence-corrected chi connectivity index (χ0v) is 11.8. The molecule has 1 aliphatic heterocycles. The van der Waals surface area contributed by atoms with E-state index in [1.165, 1.54) is 11.1 Å². The normalized spacial score (nSPS) is 38.6. The van der Waals surface area contributed by atoms with Crippen LogP contribution in [0.3, 0.4) is 0 Å². The van der Waals surface area contributed by atoms with Crippen molar-refractivity contribution < 1.29 is 14.6 Å². The Kier molecular flexibility index (Phi) is 2.45. The number of hydrogen-bond donors (Lipinski definition) is 1. The molecular weight excluding hydrogens is 252 g/mol. The fraction of sp³-hybridized carbons (Fsp3) is 0.588. The zero-order chi connectivity index (χ0) is 13.9. The molecule has 3 heteroatoms. The molecule has 1 N–H and O–H groups in total. The van der Waals surface area contributed by atoms with Gasteiger partial charge in [0.25, 0.3) is 0 Å². The molecule has 20 heavy (non-hydrogen) atoms. The molecule has 106 valence electrons. The van der Waals surface area contributed by atoms with Gasteiger partial charge in [0.05, 0.1) is 12.0 Å². The van der Waals surface area contributed by atoms with E-state index < -0.39 is 0 Å². The number of fused-ring (bicyclic) bond motifs is 5. The number of esters is 1. The van der Waals surface area contributed by atoms with Crippen LogP contribution in [0.2, 0.25) is 0 Å². The summed E-state index contributed by atoms with van der Waals surface area (Å²) in [5.41, 5.74) is 2.43. The number of carbonyl (C=O) groups excluding carboxylic acids is 1. The predicted molar refractivity (Wildman–Crippen MR) is 74.4 cm³/mol. The minimum Gasteiger partial charge on any atom is -0.508 e. The summed E-state index contributed by atoms with van der Waals surface area (Å²) in [5.74, 6) is 1.83. The first-order valence-corrected chi connectivity index (χ1v) is 7.58. The second kappa shape index (κ2) is 4.00. The Morgan fingerprint density at radius 2 is 2.20 bits per heavy atom. The van der Waals surface area contributed by atoms with Crippen LogP contribution >= 0.6 is 0 Å². The lowest BCUT2D eigenvalue weighted by molar-refractivity contribution is -0.147. The van der Waals surface area contributed by atoms with Gasteiger partial charge in [0.2, 0.25) is 0 Å². The first kappa shape index (κ1) is 12.2. The summed E-state index contributed by atoms with van der Waals surface area (Å²) in [6, 6.07) is 5.79. The molecule has 4 rings (SSSR count). The van der Waals surface area contributed by atoms with E-state index in [1.54, 1.807) is 6.07 Å². The lowest BCUT2D eigenvalue weighted by Crippen LogP contribution is -2.43. The Balaban J connectivity index is 1.73. The molecular formula is C17H20O3. The quantitative estimate of drug-likeness (QED) is 0.738. The minimum atomic E-state index is -0.254. The third kappa shape index (κ3) is 1.49. The first-order chi connectivity index (χ1) is 9.59. The second-order valence-corrected chi connectivity index (χ2v) is 6.85. The minimum absolute atomic E-state index is 0.0115. The summed E-state index contributed by atoms with van der Waals surface area (Å²) >= 11 is 0. The summed E-state index contributed by atoms with van der Waals surface area (Å²) in [6.45, 7) is 2.69. The second-order valence-electron chi connectivity index (χ2n) is 6.85. The van der Waals surface area contributed by atoms with Gasteiger partial charge in [0.15, 0.2) is 0 Å². The molecule has 2 fully saturated rings. The van der Waals surface area contributed by atoms with E-state index in [0.717, 1.165) is 25.7 Å². The van der Waals surface area contributed by atoms with Crippen LogP contribution in [0.1, 0.15) is 43.2 Å². The number of ether oxygens (including phenoxy) is 1. The SMILES string of the molecule is C[C@@]12CC[C@@H]3c4ccc(O)cc4CC[C@@H]3[C@@H]1COC2=O. The summed E-state index contributed by atoms with van der Waals surface area (Å²) < 4.78 is 5.38. The first-order valence-electron chi connectivity index (χ1n) is 7.58. The number of phenolic OH excluding ortho intramolecular Hbond substituents is 1. The molecule has 0 unspecified atom stereocenters. The van der Waals surface area contributed by atoms with E-state index in [2.05, 4.69) is 13.0 Å². The molecule has 0 bridgehead atoms. The third-order valence-electron chi connectivity index (χ3n) is 5.96. The van der Waals surface area contributed by atoms with Crippen LogP contribution in [0.25, 0.3) is 0 Å². The van der Waals surface area contributed by atoms with Crippen molar-refractivity contribution in [3.05, 3.63) is 29.3 Å². The van der Waals surface area contributed by atoms with Gasteiger partial charge in [-0.25, -0.2) is 0 Å². The number of carbonyl (C=O) groups is 1. The van der Waals surface area contributed by atoms with E-state index in [9.17, 15) is 9.90 Å². The van der Waals surface area contributed by atoms with Crippen molar-refractivity contribution in [3.63, 3.8) is 0 Å². The highest BCUT2D eigenvalue weighted by atomic mass is 16.5. The largest absolute Gasteiger partial charge is 0.508 e. The van der Waals surface area contributed by atoms with Crippen molar-refractivity contribution >= 4 is 5.97 Å². The molecule has 4 atom stereocenters. The Bertz CT molecular complexity index is 580. The molecule has 1 heterocycles. The molecule has 2 aliphatic carbocycles. The van der Waals surface area contributed by atoms with E-state index in [0.29, 0.717) is 30.1 Å². The van der Waals surface area contributed by atoms with E-state index in [1.807, 2.05) is 6.07 Å². The maximum Gasteiger partial charge on any atom is 0.312 e. The number of cyclic esters (lactones) is 1. The van der Waals surface area contributed by atoms with Crippen LogP contribution in [0.15, 0.2) is 18.2 Å². The van der Waals surface area contributed by atoms with Gasteiger partial charge in [0.1, 0.15) is 5.75 Å². The maximum absolute atomic E-state index is 12.0. The molecule has 1 aromatic carbocycles. The van der Waals surface area contributed by atoms with Crippen molar-refractivity contribution in [3.8, 4) is 5.75 Å². The van der Waals surface area contributed by atoms with Gasteiger partial charge in [0, 0.05) is 5.92 Å². The molecule has 1 saturated heterocycles. The van der Waals surface area contributed by atoms with E-state index in [-0.39, 0.29) is 11.4 Å². The van der Waals surface area contributed by atoms with Gasteiger partial charge in [-0.2, -0.15) is 0 Å². The highest BCUT2D eigenvalue weighted by molar-refractivity contribution is 5.79. The highest BCUT2D eigenvalue weighted by Crippen LogP contribution is 2.57. The molecule has 0 radical (unpaired) electrons. The number of rotatable bonds is 0. The smallest absolute Gasteiger partial charge is 0.312 e. The summed E-state index contributed by atoms with van der Waals surface area (Å²) in [6.07, 6.45) is 4.10. The standard InChI is InChI=1S/C17H20O3/c1-17-7-6-13-12-5-3-11(18)8-10(12)2-4-14(13)15(17)9-20-16(17)19/h3,5,8,13-15,18H,2,4,6-7,9H2,1H3/t13-,14+,15+,17-/m1/s1. The molecule has 0 aromatic heterocycles. The number of benzene rings is 1. The lowest BCUT2D eigenvalue weighted by Gasteiger charge is -2.46. The monoisotopic (exact) mass is 272 g/mol. The average molecular weight is 272 g/mol. The number of aryl methyl sites for hydroxylation is 1. The Hall–Kier alpha value is -1.51. The van der Waals surface area contributed by atoms with Crippen LogP contribution in [-0.4, -0.2) is 17.7 Å². The van der Waals surface area contributed by atoms with Crippen molar-refractivity contribution in [2.75, 3.05) is 6.61 Å². The van der Waals surface area contributed by atoms with Gasteiger partial charge in [-0.3, -0.25) is 4.79 Å². The molecule has 1 aromatic rings. The maximum atomic E-state index is 12.0. The van der Waals surface area contributed by atoms with Gasteiger partial charge in [-0.05, 0) is 67.7 Å². The summed E-state index contributed by atoms with van der Waals surface area (Å²) in [5, 5.41) is 9.65. The number of aromatic hydroxyl groups is 1. The Labute approximate surface area is 118 Å². The van der Waals surface area contributed by atoms with E-state index in [4.69, 9.17) is 4.74 Å². The molecule has 3 aliphatic rings. The van der Waals surface area contributed by atoms with Crippen molar-refractivity contribution in [1.82, 2.24) is 0 Å². The summed E-state index contributed by atoms with van der Waals surface area (Å²) in [7, 11) is 0. The number of hydrogen-bond acceptors (Lipinski definition) is 3. The van der Waals surface area contributed by atoms with Crippen LogP contribution in [0, 0.1) is 17.3 Å². The van der Waals surface area contributed by atoms with Gasteiger partial charge >= 0.3 is 5.97 Å². The van der Waals surface area contributed by atoms with Crippen LogP contribution in [0.4, 0.5) is 0 Å². The molecule has 0 amide bonds. The highest BCUT2D eigenvalue weighted by Gasteiger charge is 2.56. The Morgan fingerprint density at radius 3 is 3.05 bits per heavy atom. The van der Waals surface area contributed by atoms with Crippen molar-refractivity contribution in [1.29, 1.82) is 0 Å². The van der Waals surface area contributed by atoms with Crippen molar-refractivity contribution in [2.24, 2.45) is 17.3 Å². The van der Waals surface area contributed by atoms with Crippen LogP contribution in [-0.2, 0) is 16.0 Å². The average Bonchev–Trinajstić information content (AvgIpc) is 2.74. The van der Waals surface area contributed by atoms with Gasteiger partial charge in [-0.1, -0.05) is 6.07 Å². The fourth-order valence-electron chi connectivity index (χ4n) is 4.78. The predicted octanol–water partition coefficient (Wildman–Crippen LogP) is 3.01. The van der Waals surface area contributed by atoms with Crippen LogP contribution in [0.5, 0.6) is 5.75 Å². The number of phenols is 1. The molecule has 1 saturated carbocycles. The third-order valence-corrected chi connectivity index (χ3v) is 5.96. The topological polar surface area (TPSA) is 46.5 Å². The van der Waals surface area contributed by atoms with Gasteiger partial charge in [-0.15, -0.1) is 0 Å². The summed E-state index contributed by atoms with van der Waals surface area (Å²) in [4.78, 5) is 12.0. The van der Waals surface area contributed by atoms with E-state index >= 15 is 0 Å². The lowest BCUT2D eigenvalue weighted by atomic mass is 9.55. The fourth-order valence-corrected chi connectivity index (χ4v) is 4.78. The zero-order valence-electron chi connectivity index (χ0n) is 11.8. The Morgan fingerprint density at radius 1 is 1.35 bits per heavy atom. The molecule has 3 nitrogen and oxygen atoms in total. The van der Waals surface area contributed by atoms with Gasteiger partial charge < -0.3 is 9.84 Å².